The first-order valence-corrected chi connectivity index (χ1v) is 12.1. The van der Waals surface area contributed by atoms with Crippen molar-refractivity contribution in [2.45, 2.75) is 50.8 Å². The van der Waals surface area contributed by atoms with Gasteiger partial charge in [0.05, 0.1) is 6.54 Å². The molecule has 0 radical (unpaired) electrons. The molecule has 7 nitrogen and oxygen atoms in total. The van der Waals surface area contributed by atoms with Gasteiger partial charge in [-0.2, -0.15) is 0 Å². The molecule has 0 aliphatic heterocycles. The summed E-state index contributed by atoms with van der Waals surface area (Å²) in [5.41, 5.74) is 0. The van der Waals surface area contributed by atoms with E-state index in [9.17, 15) is 8.42 Å². The van der Waals surface area contributed by atoms with Crippen molar-refractivity contribution < 1.29 is 8.42 Å². The van der Waals surface area contributed by atoms with Gasteiger partial charge in [-0.15, -0.1) is 35.3 Å². The molecule has 0 amide bonds. The molecule has 0 bridgehead atoms. The zero-order chi connectivity index (χ0) is 20.1. The van der Waals surface area contributed by atoms with Crippen molar-refractivity contribution in [3.63, 3.8) is 0 Å². The quantitative estimate of drug-likeness (QED) is 0.154. The SMILES string of the molecule is CCNC(=NCCNS(=O)(=O)c1cccs1)NC(C)CCCN(CC)CC.I. The molecule has 1 unspecified atom stereocenters. The van der Waals surface area contributed by atoms with Gasteiger partial charge >= 0.3 is 0 Å². The number of nitrogens with zero attached hydrogens (tertiary/aromatic N) is 2. The van der Waals surface area contributed by atoms with Gasteiger partial charge in [0.25, 0.3) is 0 Å². The second-order valence-electron chi connectivity index (χ2n) is 6.31. The lowest BCUT2D eigenvalue weighted by molar-refractivity contribution is 0.292. The largest absolute Gasteiger partial charge is 0.357 e. The molecule has 1 heterocycles. The fourth-order valence-electron chi connectivity index (χ4n) is 2.62. The van der Waals surface area contributed by atoms with Gasteiger partial charge in [0.15, 0.2) is 5.96 Å². The number of hydrogen-bond acceptors (Lipinski definition) is 5. The normalized spacial score (nSPS) is 13.2. The van der Waals surface area contributed by atoms with Gasteiger partial charge in [0.1, 0.15) is 4.21 Å². The summed E-state index contributed by atoms with van der Waals surface area (Å²) in [6.07, 6.45) is 2.20. The average Bonchev–Trinajstić information content (AvgIpc) is 3.18. The van der Waals surface area contributed by atoms with Crippen LogP contribution in [0.5, 0.6) is 0 Å². The third-order valence-corrected chi connectivity index (χ3v) is 7.03. The molecule has 3 N–H and O–H groups in total. The Hall–Kier alpha value is -0.430. The summed E-state index contributed by atoms with van der Waals surface area (Å²) < 4.78 is 27.1. The summed E-state index contributed by atoms with van der Waals surface area (Å²) in [4.78, 5) is 6.90. The summed E-state index contributed by atoms with van der Waals surface area (Å²) in [6, 6.07) is 3.63. The van der Waals surface area contributed by atoms with Crippen molar-refractivity contribution in [1.82, 2.24) is 20.3 Å². The molecule has 0 aliphatic carbocycles. The molecule has 0 saturated heterocycles. The van der Waals surface area contributed by atoms with Crippen molar-refractivity contribution in [3.8, 4) is 0 Å². The van der Waals surface area contributed by atoms with Crippen LogP contribution >= 0.6 is 35.3 Å². The Morgan fingerprint density at radius 2 is 2.00 bits per heavy atom. The summed E-state index contributed by atoms with van der Waals surface area (Å²) >= 11 is 1.21. The number of sulfonamides is 1. The number of hydrogen-bond donors (Lipinski definition) is 3. The van der Waals surface area contributed by atoms with Gasteiger partial charge in [-0.05, 0) is 57.8 Å². The zero-order valence-electron chi connectivity index (χ0n) is 17.4. The number of thiophene rings is 1. The second kappa shape index (κ2) is 15.4. The first kappa shape index (κ1) is 27.6. The fraction of sp³-hybridized carbons (Fsp3) is 0.722. The van der Waals surface area contributed by atoms with Gasteiger partial charge in [-0.3, -0.25) is 4.99 Å². The Balaban J connectivity index is 0.00000729. The van der Waals surface area contributed by atoms with Crippen molar-refractivity contribution >= 4 is 51.3 Å². The maximum Gasteiger partial charge on any atom is 0.250 e. The van der Waals surface area contributed by atoms with Crippen molar-refractivity contribution in [1.29, 1.82) is 0 Å². The first-order valence-electron chi connectivity index (χ1n) is 9.73. The predicted molar refractivity (Wildman–Crippen MR) is 131 cm³/mol. The fourth-order valence-corrected chi connectivity index (χ4v) is 4.68. The standard InChI is InChI=1S/C18H35N5O2S2.HI/c1-5-19-18(22-16(4)10-8-14-23(6-2)7-3)20-12-13-21-27(24,25)17-11-9-15-26-17;/h9,11,15-16,21H,5-8,10,12-14H2,1-4H3,(H2,19,20,22);1H. The van der Waals surface area contributed by atoms with Crippen LogP contribution < -0.4 is 15.4 Å². The minimum absolute atomic E-state index is 0. The lowest BCUT2D eigenvalue weighted by atomic mass is 10.2. The second-order valence-corrected chi connectivity index (χ2v) is 9.25. The molecule has 164 valence electrons. The van der Waals surface area contributed by atoms with Crippen LogP contribution in [0.4, 0.5) is 0 Å². The number of halogens is 1. The molecule has 28 heavy (non-hydrogen) atoms. The van der Waals surface area contributed by atoms with E-state index in [1.165, 1.54) is 11.3 Å². The molecule has 0 aromatic carbocycles. The van der Waals surface area contributed by atoms with E-state index in [0.717, 1.165) is 45.0 Å². The maximum absolute atomic E-state index is 12.1. The molecule has 1 rings (SSSR count). The first-order chi connectivity index (χ1) is 12.9. The van der Waals surface area contributed by atoms with Crippen LogP contribution in [0.3, 0.4) is 0 Å². The van der Waals surface area contributed by atoms with Crippen LogP contribution in [0.2, 0.25) is 0 Å². The molecule has 0 spiro atoms. The van der Waals surface area contributed by atoms with E-state index in [4.69, 9.17) is 0 Å². The van der Waals surface area contributed by atoms with Crippen LogP contribution in [-0.2, 0) is 10.0 Å². The predicted octanol–water partition coefficient (Wildman–Crippen LogP) is 2.71. The molecular weight excluding hydrogens is 509 g/mol. The minimum Gasteiger partial charge on any atom is -0.357 e. The van der Waals surface area contributed by atoms with E-state index in [-0.39, 0.29) is 30.5 Å². The van der Waals surface area contributed by atoms with Crippen LogP contribution in [0.25, 0.3) is 0 Å². The topological polar surface area (TPSA) is 85.8 Å². The van der Waals surface area contributed by atoms with Gasteiger partial charge < -0.3 is 15.5 Å². The van der Waals surface area contributed by atoms with Gasteiger partial charge in [-0.25, -0.2) is 13.1 Å². The number of aliphatic imine (C=N–C) groups is 1. The highest BCUT2D eigenvalue weighted by atomic mass is 127. The van der Waals surface area contributed by atoms with Crippen LogP contribution in [0.15, 0.2) is 26.7 Å². The molecule has 1 aromatic heterocycles. The molecule has 1 aromatic rings. The highest BCUT2D eigenvalue weighted by molar-refractivity contribution is 14.0. The van der Waals surface area contributed by atoms with Crippen LogP contribution in [-0.4, -0.2) is 64.6 Å². The van der Waals surface area contributed by atoms with Crippen LogP contribution in [0.1, 0.15) is 40.5 Å². The Morgan fingerprint density at radius 3 is 2.57 bits per heavy atom. The van der Waals surface area contributed by atoms with Gasteiger partial charge in [0, 0.05) is 19.1 Å². The maximum atomic E-state index is 12.1. The lowest BCUT2D eigenvalue weighted by Crippen LogP contribution is -2.43. The van der Waals surface area contributed by atoms with Gasteiger partial charge in [-0.1, -0.05) is 19.9 Å². The lowest BCUT2D eigenvalue weighted by Gasteiger charge is -2.21. The van der Waals surface area contributed by atoms with Crippen molar-refractivity contribution in [3.05, 3.63) is 17.5 Å². The Kier molecular flexibility index (Phi) is 15.2. The summed E-state index contributed by atoms with van der Waals surface area (Å²) in [7, 11) is -3.42. The molecule has 1 atom stereocenters. The number of guanidine groups is 1. The van der Waals surface area contributed by atoms with E-state index in [1.807, 2.05) is 6.92 Å². The smallest absolute Gasteiger partial charge is 0.250 e. The Morgan fingerprint density at radius 1 is 1.29 bits per heavy atom. The molecule has 0 saturated carbocycles. The average molecular weight is 546 g/mol. The minimum atomic E-state index is -3.42. The summed E-state index contributed by atoms with van der Waals surface area (Å²) in [5.74, 6) is 0.725. The Bertz CT molecular complexity index is 634. The molecule has 0 aliphatic rings. The van der Waals surface area contributed by atoms with E-state index in [0.29, 0.717) is 16.8 Å². The van der Waals surface area contributed by atoms with E-state index in [2.05, 4.69) is 46.0 Å². The molecule has 0 fully saturated rings. The Labute approximate surface area is 191 Å². The van der Waals surface area contributed by atoms with Crippen LogP contribution in [0, 0.1) is 0 Å². The molecule has 10 heteroatoms. The third kappa shape index (κ3) is 10.9. The van der Waals surface area contributed by atoms with E-state index in [1.54, 1.807) is 17.5 Å². The van der Waals surface area contributed by atoms with E-state index < -0.39 is 10.0 Å². The van der Waals surface area contributed by atoms with Crippen molar-refractivity contribution in [2.24, 2.45) is 4.99 Å². The third-order valence-electron chi connectivity index (χ3n) is 4.17. The highest BCUT2D eigenvalue weighted by Gasteiger charge is 2.13. The zero-order valence-corrected chi connectivity index (χ0v) is 21.4. The monoisotopic (exact) mass is 545 g/mol. The number of nitrogens with one attached hydrogen (secondary N) is 3. The summed E-state index contributed by atoms with van der Waals surface area (Å²) in [5, 5.41) is 8.36. The molecular formula is C18H36IN5O2S2. The highest BCUT2D eigenvalue weighted by Crippen LogP contribution is 2.14. The number of rotatable bonds is 13. The van der Waals surface area contributed by atoms with Gasteiger partial charge in [0.2, 0.25) is 10.0 Å². The van der Waals surface area contributed by atoms with Crippen molar-refractivity contribution in [2.75, 3.05) is 39.3 Å². The van der Waals surface area contributed by atoms with E-state index >= 15 is 0 Å². The summed E-state index contributed by atoms with van der Waals surface area (Å²) in [6.45, 7) is 13.2.